The molecule has 116 valence electrons. The zero-order chi connectivity index (χ0) is 16.1. The summed E-state index contributed by atoms with van der Waals surface area (Å²) >= 11 is 3.39. The van der Waals surface area contributed by atoms with Crippen LogP contribution in [0.1, 0.15) is 11.1 Å². The Kier molecular flexibility index (Phi) is 4.93. The van der Waals surface area contributed by atoms with E-state index in [2.05, 4.69) is 21.2 Å². The van der Waals surface area contributed by atoms with E-state index in [-0.39, 0.29) is 6.61 Å². The number of halogens is 1. The smallest absolute Gasteiger partial charge is 0.411 e. The summed E-state index contributed by atoms with van der Waals surface area (Å²) in [4.78, 5) is 11.9. The predicted octanol–water partition coefficient (Wildman–Crippen LogP) is 5.48. The molecule has 4 heteroatoms. The first-order valence-electron chi connectivity index (χ1n) is 7.31. The lowest BCUT2D eigenvalue weighted by Gasteiger charge is -2.09. The van der Waals surface area contributed by atoms with E-state index in [1.165, 1.54) is 0 Å². The molecule has 0 unspecified atom stereocenters. The summed E-state index contributed by atoms with van der Waals surface area (Å²) < 4.78 is 5.34. The molecular formula is C19H16BrNO2. The molecule has 0 spiro atoms. The normalized spacial score (nSPS) is 10.5. The maximum Gasteiger partial charge on any atom is 0.411 e. The van der Waals surface area contributed by atoms with E-state index >= 15 is 0 Å². The number of hydrogen-bond acceptors (Lipinski definition) is 2. The summed E-state index contributed by atoms with van der Waals surface area (Å²) in [7, 11) is 0. The number of anilines is 1. The number of alkyl halides is 1. The van der Waals surface area contributed by atoms with E-state index in [1.807, 2.05) is 66.7 Å². The van der Waals surface area contributed by atoms with Crippen molar-refractivity contribution in [3.63, 3.8) is 0 Å². The van der Waals surface area contributed by atoms with Crippen molar-refractivity contribution in [1.82, 2.24) is 0 Å². The number of ether oxygens (including phenoxy) is 1. The Balaban J connectivity index is 1.63. The summed E-state index contributed by atoms with van der Waals surface area (Å²) in [6.07, 6.45) is -0.454. The minimum absolute atomic E-state index is 0.243. The van der Waals surface area contributed by atoms with E-state index in [1.54, 1.807) is 0 Å². The highest BCUT2D eigenvalue weighted by Gasteiger charge is 2.06. The first-order valence-corrected chi connectivity index (χ1v) is 8.44. The Morgan fingerprint density at radius 3 is 2.48 bits per heavy atom. The van der Waals surface area contributed by atoms with Crippen LogP contribution >= 0.6 is 15.9 Å². The van der Waals surface area contributed by atoms with Gasteiger partial charge in [-0.1, -0.05) is 70.5 Å². The third kappa shape index (κ3) is 3.90. The van der Waals surface area contributed by atoms with Crippen LogP contribution in [-0.4, -0.2) is 6.09 Å². The molecular weight excluding hydrogens is 354 g/mol. The molecule has 0 atom stereocenters. The highest BCUT2D eigenvalue weighted by atomic mass is 79.9. The number of carbonyl (C=O) groups is 1. The second-order valence-corrected chi connectivity index (χ2v) is 5.73. The average Bonchev–Trinajstić information content (AvgIpc) is 2.60. The largest absolute Gasteiger partial charge is 0.444 e. The van der Waals surface area contributed by atoms with Crippen LogP contribution in [0.25, 0.3) is 10.8 Å². The van der Waals surface area contributed by atoms with Gasteiger partial charge in [0.2, 0.25) is 0 Å². The van der Waals surface area contributed by atoms with Crippen molar-refractivity contribution in [2.24, 2.45) is 0 Å². The van der Waals surface area contributed by atoms with E-state index in [0.717, 1.165) is 32.9 Å². The van der Waals surface area contributed by atoms with Crippen LogP contribution in [0.4, 0.5) is 10.5 Å². The molecule has 0 aliphatic heterocycles. The minimum Gasteiger partial charge on any atom is -0.444 e. The van der Waals surface area contributed by atoms with Gasteiger partial charge in [-0.3, -0.25) is 5.32 Å². The van der Waals surface area contributed by atoms with E-state index in [9.17, 15) is 4.79 Å². The number of nitrogens with one attached hydrogen (secondary N) is 1. The van der Waals surface area contributed by atoms with Crippen LogP contribution in [0.15, 0.2) is 66.7 Å². The molecule has 0 heterocycles. The predicted molar refractivity (Wildman–Crippen MR) is 96.8 cm³/mol. The molecule has 3 rings (SSSR count). The van der Waals surface area contributed by atoms with E-state index in [0.29, 0.717) is 0 Å². The Hall–Kier alpha value is -2.33. The number of fused-ring (bicyclic) bond motifs is 1. The summed E-state index contributed by atoms with van der Waals surface area (Å²) in [6, 6.07) is 21.7. The first kappa shape index (κ1) is 15.6. The highest BCUT2D eigenvalue weighted by Crippen LogP contribution is 2.19. The SMILES string of the molecule is O=C(Nc1ccc(CBr)cc1)OCc1cccc2ccccc12. The molecule has 1 N–H and O–H groups in total. The van der Waals surface area contributed by atoms with Gasteiger partial charge in [0.05, 0.1) is 0 Å². The lowest BCUT2D eigenvalue weighted by Crippen LogP contribution is -2.13. The van der Waals surface area contributed by atoms with Crippen molar-refractivity contribution < 1.29 is 9.53 Å². The van der Waals surface area contributed by atoms with Gasteiger partial charge >= 0.3 is 6.09 Å². The van der Waals surface area contributed by atoms with Crippen molar-refractivity contribution in [1.29, 1.82) is 0 Å². The second-order valence-electron chi connectivity index (χ2n) is 5.17. The number of carbonyl (C=O) groups excluding carboxylic acids is 1. The fourth-order valence-electron chi connectivity index (χ4n) is 2.39. The third-order valence-corrected chi connectivity index (χ3v) is 4.24. The van der Waals surface area contributed by atoms with Gasteiger partial charge in [-0.05, 0) is 34.0 Å². The van der Waals surface area contributed by atoms with Gasteiger partial charge in [-0.15, -0.1) is 0 Å². The lowest BCUT2D eigenvalue weighted by molar-refractivity contribution is 0.155. The van der Waals surface area contributed by atoms with Gasteiger partial charge in [0, 0.05) is 11.0 Å². The molecule has 0 aromatic heterocycles. The monoisotopic (exact) mass is 369 g/mol. The van der Waals surface area contributed by atoms with Crippen molar-refractivity contribution in [2.45, 2.75) is 11.9 Å². The van der Waals surface area contributed by atoms with Crippen LogP contribution in [0.2, 0.25) is 0 Å². The third-order valence-electron chi connectivity index (χ3n) is 3.59. The van der Waals surface area contributed by atoms with Gasteiger partial charge in [0.25, 0.3) is 0 Å². The van der Waals surface area contributed by atoms with Gasteiger partial charge in [0.1, 0.15) is 6.61 Å². The van der Waals surface area contributed by atoms with Crippen LogP contribution in [-0.2, 0) is 16.7 Å². The molecule has 0 saturated heterocycles. The number of rotatable bonds is 4. The summed E-state index contributed by atoms with van der Waals surface area (Å²) in [6.45, 7) is 0.243. The molecule has 23 heavy (non-hydrogen) atoms. The number of benzene rings is 3. The molecule has 0 aliphatic carbocycles. The van der Waals surface area contributed by atoms with Gasteiger partial charge in [-0.2, -0.15) is 0 Å². The van der Waals surface area contributed by atoms with E-state index in [4.69, 9.17) is 4.74 Å². The first-order chi connectivity index (χ1) is 11.3. The summed E-state index contributed by atoms with van der Waals surface area (Å²) in [5, 5.41) is 5.77. The Morgan fingerprint density at radius 1 is 0.957 bits per heavy atom. The van der Waals surface area contributed by atoms with Crippen molar-refractivity contribution in [3.8, 4) is 0 Å². The molecule has 0 aliphatic rings. The quantitative estimate of drug-likeness (QED) is 0.618. The molecule has 0 fully saturated rings. The topological polar surface area (TPSA) is 38.3 Å². The summed E-state index contributed by atoms with van der Waals surface area (Å²) in [5.41, 5.74) is 2.87. The number of amides is 1. The molecule has 3 aromatic carbocycles. The van der Waals surface area contributed by atoms with Crippen LogP contribution < -0.4 is 5.32 Å². The summed E-state index contributed by atoms with van der Waals surface area (Å²) in [5.74, 6) is 0. The van der Waals surface area contributed by atoms with Gasteiger partial charge < -0.3 is 4.74 Å². The number of hydrogen-bond donors (Lipinski definition) is 1. The molecule has 0 saturated carbocycles. The van der Waals surface area contributed by atoms with Crippen molar-refractivity contribution in [3.05, 3.63) is 77.9 Å². The Bertz CT molecular complexity index is 810. The Morgan fingerprint density at radius 2 is 1.70 bits per heavy atom. The lowest BCUT2D eigenvalue weighted by atomic mass is 10.1. The van der Waals surface area contributed by atoms with Crippen LogP contribution in [0.3, 0.4) is 0 Å². The highest BCUT2D eigenvalue weighted by molar-refractivity contribution is 9.08. The fourth-order valence-corrected chi connectivity index (χ4v) is 2.77. The van der Waals surface area contributed by atoms with E-state index < -0.39 is 6.09 Å². The van der Waals surface area contributed by atoms with Crippen LogP contribution in [0, 0.1) is 0 Å². The second kappa shape index (κ2) is 7.29. The fraction of sp³-hybridized carbons (Fsp3) is 0.105. The van der Waals surface area contributed by atoms with Gasteiger partial charge in [-0.25, -0.2) is 4.79 Å². The standard InChI is InChI=1S/C19H16BrNO2/c20-12-14-8-10-17(11-9-14)21-19(22)23-13-16-6-3-5-15-4-1-2-7-18(15)16/h1-11H,12-13H2,(H,21,22). The van der Waals surface area contributed by atoms with Crippen molar-refractivity contribution in [2.75, 3.05) is 5.32 Å². The van der Waals surface area contributed by atoms with Gasteiger partial charge in [0.15, 0.2) is 0 Å². The average molecular weight is 370 g/mol. The molecule has 0 bridgehead atoms. The minimum atomic E-state index is -0.454. The molecule has 3 aromatic rings. The maximum atomic E-state index is 11.9. The maximum absolute atomic E-state index is 11.9. The molecule has 3 nitrogen and oxygen atoms in total. The Labute approximate surface area is 143 Å². The molecule has 0 radical (unpaired) electrons. The van der Waals surface area contributed by atoms with Crippen LogP contribution in [0.5, 0.6) is 0 Å². The van der Waals surface area contributed by atoms with Crippen molar-refractivity contribution >= 4 is 38.5 Å². The molecule has 1 amide bonds. The zero-order valence-electron chi connectivity index (χ0n) is 12.5. The zero-order valence-corrected chi connectivity index (χ0v) is 14.0.